The first-order valence-electron chi connectivity index (χ1n) is 8.86. The summed E-state index contributed by atoms with van der Waals surface area (Å²) in [6.45, 7) is 5.17. The number of halogens is 2. The molecule has 1 heterocycles. The average molecular weight is 489 g/mol. The zero-order valence-electron chi connectivity index (χ0n) is 16.6. The molecule has 0 bridgehead atoms. The molecule has 0 unspecified atom stereocenters. The summed E-state index contributed by atoms with van der Waals surface area (Å²) in [7, 11) is 5.35. The fourth-order valence-electron chi connectivity index (χ4n) is 2.74. The number of hydrogen-bond acceptors (Lipinski definition) is 4. The van der Waals surface area contributed by atoms with Crippen molar-refractivity contribution in [3.63, 3.8) is 0 Å². The van der Waals surface area contributed by atoms with E-state index in [1.807, 2.05) is 27.1 Å². The third-order valence-electron chi connectivity index (χ3n) is 4.22. The smallest absolute Gasteiger partial charge is 0.191 e. The maximum Gasteiger partial charge on any atom is 0.191 e. The molecule has 0 aliphatic heterocycles. The summed E-state index contributed by atoms with van der Waals surface area (Å²) in [6, 6.07) is 5.23. The van der Waals surface area contributed by atoms with Crippen LogP contribution in [-0.2, 0) is 25.9 Å². The van der Waals surface area contributed by atoms with Gasteiger partial charge in [-0.2, -0.15) is 0 Å². The number of benzene rings is 1. The van der Waals surface area contributed by atoms with Gasteiger partial charge in [0, 0.05) is 46.2 Å². The van der Waals surface area contributed by atoms with Gasteiger partial charge in [-0.05, 0) is 24.1 Å². The lowest BCUT2D eigenvalue weighted by molar-refractivity contribution is 0.380. The van der Waals surface area contributed by atoms with E-state index in [4.69, 9.17) is 4.52 Å². The van der Waals surface area contributed by atoms with Crippen LogP contribution in [0.4, 0.5) is 10.1 Å². The summed E-state index contributed by atoms with van der Waals surface area (Å²) >= 11 is 0. The van der Waals surface area contributed by atoms with E-state index in [0.29, 0.717) is 24.7 Å². The van der Waals surface area contributed by atoms with Gasteiger partial charge in [-0.15, -0.1) is 24.0 Å². The number of anilines is 1. The van der Waals surface area contributed by atoms with E-state index in [9.17, 15) is 4.39 Å². The highest BCUT2D eigenvalue weighted by molar-refractivity contribution is 14.0. The largest absolute Gasteiger partial charge is 0.375 e. The SMILES string of the molecule is CCc1noc(CC)c1CNC(=NC)NCc1ccc(N(C)C)c(F)c1.I. The molecule has 6 nitrogen and oxygen atoms in total. The molecule has 0 aliphatic rings. The quantitative estimate of drug-likeness (QED) is 0.354. The van der Waals surface area contributed by atoms with Crippen LogP contribution in [0.1, 0.15) is 36.4 Å². The summed E-state index contributed by atoms with van der Waals surface area (Å²) in [6.07, 6.45) is 1.62. The first kappa shape index (κ1) is 23.2. The molecule has 150 valence electrons. The standard InChI is InChI=1S/C19H28FN5O.HI/c1-6-16-14(18(7-2)26-24-16)12-23-19(21-3)22-11-13-8-9-17(25(4)5)15(20)10-13;/h8-10H,6-7,11-12H2,1-5H3,(H2,21,22,23);1H. The van der Waals surface area contributed by atoms with E-state index in [1.54, 1.807) is 24.1 Å². The number of rotatable bonds is 7. The van der Waals surface area contributed by atoms with Crippen LogP contribution < -0.4 is 15.5 Å². The molecule has 8 heteroatoms. The molecule has 0 atom stereocenters. The number of aromatic nitrogens is 1. The van der Waals surface area contributed by atoms with E-state index in [-0.39, 0.29) is 29.8 Å². The Morgan fingerprint density at radius 1 is 1.19 bits per heavy atom. The van der Waals surface area contributed by atoms with E-state index in [0.717, 1.165) is 35.4 Å². The molecule has 1 aromatic carbocycles. The number of aliphatic imine (C=N–C) groups is 1. The number of aryl methyl sites for hydroxylation is 2. The highest BCUT2D eigenvalue weighted by Crippen LogP contribution is 2.18. The van der Waals surface area contributed by atoms with Crippen LogP contribution >= 0.6 is 24.0 Å². The second-order valence-electron chi connectivity index (χ2n) is 6.20. The van der Waals surface area contributed by atoms with Gasteiger partial charge in [-0.1, -0.05) is 25.1 Å². The highest BCUT2D eigenvalue weighted by atomic mass is 127. The molecule has 0 radical (unpaired) electrons. The molecule has 0 saturated heterocycles. The van der Waals surface area contributed by atoms with Gasteiger partial charge in [0.15, 0.2) is 5.96 Å². The molecule has 27 heavy (non-hydrogen) atoms. The summed E-state index contributed by atoms with van der Waals surface area (Å²) in [5.74, 6) is 1.31. The lowest BCUT2D eigenvalue weighted by Crippen LogP contribution is -2.36. The number of nitrogens with one attached hydrogen (secondary N) is 2. The minimum atomic E-state index is -0.234. The zero-order chi connectivity index (χ0) is 19.1. The van der Waals surface area contributed by atoms with Gasteiger partial charge in [0.2, 0.25) is 0 Å². The Morgan fingerprint density at radius 2 is 1.89 bits per heavy atom. The van der Waals surface area contributed by atoms with Crippen molar-refractivity contribution in [1.82, 2.24) is 15.8 Å². The normalized spacial score (nSPS) is 11.1. The molecule has 0 fully saturated rings. The van der Waals surface area contributed by atoms with E-state index in [1.165, 1.54) is 0 Å². The predicted molar refractivity (Wildman–Crippen MR) is 118 cm³/mol. The van der Waals surface area contributed by atoms with Crippen LogP contribution in [0.15, 0.2) is 27.7 Å². The molecular weight excluding hydrogens is 460 g/mol. The first-order chi connectivity index (χ1) is 12.5. The lowest BCUT2D eigenvalue weighted by atomic mass is 10.1. The summed E-state index contributed by atoms with van der Waals surface area (Å²) in [4.78, 5) is 5.98. The van der Waals surface area contributed by atoms with Gasteiger partial charge >= 0.3 is 0 Å². The third kappa shape index (κ3) is 6.08. The second kappa shape index (κ2) is 11.1. The van der Waals surface area contributed by atoms with Crippen molar-refractivity contribution >= 4 is 35.6 Å². The Hall–Kier alpha value is -1.84. The molecule has 0 saturated carbocycles. The molecule has 0 aliphatic carbocycles. The summed E-state index contributed by atoms with van der Waals surface area (Å²) in [5.41, 5.74) is 3.47. The molecule has 2 N–H and O–H groups in total. The van der Waals surface area contributed by atoms with Gasteiger partial charge in [-0.3, -0.25) is 4.99 Å². The maximum absolute atomic E-state index is 14.1. The fraction of sp³-hybridized carbons (Fsp3) is 0.474. The Kier molecular flexibility index (Phi) is 9.54. The van der Waals surface area contributed by atoms with Gasteiger partial charge in [0.05, 0.1) is 11.4 Å². The molecule has 0 amide bonds. The van der Waals surface area contributed by atoms with Gasteiger partial charge in [0.1, 0.15) is 11.6 Å². The average Bonchev–Trinajstić information content (AvgIpc) is 3.03. The number of guanidine groups is 1. The van der Waals surface area contributed by atoms with Crippen LogP contribution in [0.5, 0.6) is 0 Å². The molecular formula is C19H29FIN5O. The monoisotopic (exact) mass is 489 g/mol. The molecule has 1 aromatic heterocycles. The highest BCUT2D eigenvalue weighted by Gasteiger charge is 2.13. The Morgan fingerprint density at radius 3 is 2.44 bits per heavy atom. The Balaban J connectivity index is 0.00000364. The van der Waals surface area contributed by atoms with Crippen LogP contribution in [0, 0.1) is 5.82 Å². The van der Waals surface area contributed by atoms with Gasteiger partial charge in [-0.25, -0.2) is 4.39 Å². The van der Waals surface area contributed by atoms with Crippen molar-refractivity contribution in [3.8, 4) is 0 Å². The molecule has 0 spiro atoms. The topological polar surface area (TPSA) is 65.7 Å². The Bertz CT molecular complexity index is 739. The van der Waals surface area contributed by atoms with Crippen LogP contribution in [0.3, 0.4) is 0 Å². The van der Waals surface area contributed by atoms with Crippen molar-refractivity contribution in [2.24, 2.45) is 4.99 Å². The molecule has 2 rings (SSSR count). The maximum atomic E-state index is 14.1. The van der Waals surface area contributed by atoms with Gasteiger partial charge in [0.25, 0.3) is 0 Å². The van der Waals surface area contributed by atoms with Crippen molar-refractivity contribution < 1.29 is 8.91 Å². The van der Waals surface area contributed by atoms with Crippen molar-refractivity contribution in [2.75, 3.05) is 26.0 Å². The van der Waals surface area contributed by atoms with Crippen molar-refractivity contribution in [2.45, 2.75) is 39.8 Å². The third-order valence-corrected chi connectivity index (χ3v) is 4.22. The van der Waals surface area contributed by atoms with Gasteiger partial charge < -0.3 is 20.1 Å². The fourth-order valence-corrected chi connectivity index (χ4v) is 2.74. The van der Waals surface area contributed by atoms with Crippen molar-refractivity contribution in [3.05, 3.63) is 46.6 Å². The summed E-state index contributed by atoms with van der Waals surface area (Å²) in [5, 5.41) is 10.6. The van der Waals surface area contributed by atoms with Crippen LogP contribution in [0.25, 0.3) is 0 Å². The number of hydrogen-bond donors (Lipinski definition) is 2. The summed E-state index contributed by atoms with van der Waals surface area (Å²) < 4.78 is 19.5. The minimum Gasteiger partial charge on any atom is -0.375 e. The zero-order valence-corrected chi connectivity index (χ0v) is 18.9. The minimum absolute atomic E-state index is 0. The van der Waals surface area contributed by atoms with E-state index in [2.05, 4.69) is 27.7 Å². The lowest BCUT2D eigenvalue weighted by Gasteiger charge is -2.15. The first-order valence-corrected chi connectivity index (χ1v) is 8.86. The van der Waals surface area contributed by atoms with Crippen molar-refractivity contribution in [1.29, 1.82) is 0 Å². The van der Waals surface area contributed by atoms with E-state index >= 15 is 0 Å². The Labute approximate surface area is 177 Å². The van der Waals surface area contributed by atoms with Crippen LogP contribution in [-0.4, -0.2) is 32.3 Å². The van der Waals surface area contributed by atoms with E-state index < -0.39 is 0 Å². The predicted octanol–water partition coefficient (Wildman–Crippen LogP) is 3.49. The number of nitrogens with zero attached hydrogens (tertiary/aromatic N) is 3. The second-order valence-corrected chi connectivity index (χ2v) is 6.20. The van der Waals surface area contributed by atoms with Crippen LogP contribution in [0.2, 0.25) is 0 Å². The molecule has 2 aromatic rings.